The highest BCUT2D eigenvalue weighted by Crippen LogP contribution is 2.41. The van der Waals surface area contributed by atoms with Crippen LogP contribution in [0.15, 0.2) is 24.3 Å². The van der Waals surface area contributed by atoms with E-state index in [0.29, 0.717) is 33.6 Å². The zero-order valence-corrected chi connectivity index (χ0v) is 22.4. The number of carbonyl (C=O) groups is 3. The van der Waals surface area contributed by atoms with Gasteiger partial charge in [0.2, 0.25) is 11.8 Å². The molecule has 0 aromatic heterocycles. The summed E-state index contributed by atoms with van der Waals surface area (Å²) in [6.07, 6.45) is 0. The van der Waals surface area contributed by atoms with Crippen LogP contribution in [0.5, 0.6) is 11.5 Å². The maximum atomic E-state index is 13.0. The first-order chi connectivity index (χ1) is 13.6. The lowest BCUT2D eigenvalue weighted by atomic mass is 10.1. The molecule has 2 aromatic rings. The van der Waals surface area contributed by atoms with Gasteiger partial charge in [-0.1, -0.05) is 0 Å². The van der Waals surface area contributed by atoms with E-state index >= 15 is 0 Å². The van der Waals surface area contributed by atoms with Crippen molar-refractivity contribution in [1.82, 2.24) is 0 Å². The first-order valence-corrected chi connectivity index (χ1v) is 11.4. The molecule has 0 bridgehead atoms. The lowest BCUT2D eigenvalue weighted by Gasteiger charge is -2.24. The van der Waals surface area contributed by atoms with Crippen molar-refractivity contribution >= 4 is 96.9 Å². The number of ether oxygens (including phenoxy) is 2. The second-order valence-electron chi connectivity index (χ2n) is 5.86. The van der Waals surface area contributed by atoms with E-state index in [2.05, 4.69) is 27.9 Å². The van der Waals surface area contributed by atoms with Crippen molar-refractivity contribution in [2.24, 2.45) is 0 Å². The second-order valence-corrected chi connectivity index (χ2v) is 9.10. The van der Waals surface area contributed by atoms with Crippen molar-refractivity contribution in [3.05, 3.63) is 40.5 Å². The topological polar surface area (TPSA) is 84.9 Å². The van der Waals surface area contributed by atoms with Gasteiger partial charge in [0.1, 0.15) is 11.5 Å². The summed E-state index contributed by atoms with van der Waals surface area (Å²) in [7, 11) is 3.17. The van der Waals surface area contributed by atoms with E-state index in [4.69, 9.17) is 9.47 Å². The number of hydrogen-bond acceptors (Lipinski definition) is 5. The zero-order chi connectivity index (χ0) is 21.9. The van der Waals surface area contributed by atoms with E-state index < -0.39 is 5.97 Å². The van der Waals surface area contributed by atoms with Crippen LogP contribution in [0.25, 0.3) is 0 Å². The van der Waals surface area contributed by atoms with Gasteiger partial charge in [-0.25, -0.2) is 4.79 Å². The van der Waals surface area contributed by atoms with Crippen molar-refractivity contribution in [1.29, 1.82) is 0 Å². The van der Waals surface area contributed by atoms with Gasteiger partial charge in [-0.05, 0) is 92.0 Å². The number of carbonyl (C=O) groups excluding carboxylic acids is 3. The number of halogens is 3. The first kappa shape index (κ1) is 24.1. The number of amides is 2. The highest BCUT2D eigenvalue weighted by molar-refractivity contribution is 14.1. The molecule has 2 aromatic carbocycles. The third-order valence-electron chi connectivity index (χ3n) is 3.88. The Bertz CT molecular complexity index is 977. The number of esters is 1. The van der Waals surface area contributed by atoms with Crippen molar-refractivity contribution in [2.45, 2.75) is 13.8 Å². The standard InChI is InChI=1S/C19H17I3N2O5/c1-9(25)23-17-14(20)13(15(21)18(16(17)22)24(3)10(2)26)19(27)29-12-7-5-11(28-4)6-8-12/h5-8H,1-4H3,(H,23,25). The molecular formula is C19H17I3N2O5. The van der Waals surface area contributed by atoms with Crippen LogP contribution in [0.3, 0.4) is 0 Å². The molecule has 2 rings (SSSR count). The molecule has 0 aliphatic rings. The van der Waals surface area contributed by atoms with E-state index in [0.717, 1.165) is 0 Å². The number of benzene rings is 2. The number of nitrogens with zero attached hydrogens (tertiary/aromatic N) is 1. The monoisotopic (exact) mass is 734 g/mol. The van der Waals surface area contributed by atoms with Gasteiger partial charge in [-0.15, -0.1) is 0 Å². The molecule has 2 amide bonds. The van der Waals surface area contributed by atoms with E-state index in [1.807, 2.05) is 45.2 Å². The van der Waals surface area contributed by atoms with Crippen LogP contribution in [-0.4, -0.2) is 31.9 Å². The van der Waals surface area contributed by atoms with Crippen LogP contribution in [0.4, 0.5) is 11.4 Å². The molecule has 10 heteroatoms. The highest BCUT2D eigenvalue weighted by Gasteiger charge is 2.29. The number of rotatable bonds is 5. The van der Waals surface area contributed by atoms with Gasteiger partial charge in [0.05, 0.1) is 34.8 Å². The van der Waals surface area contributed by atoms with Gasteiger partial charge >= 0.3 is 5.97 Å². The maximum Gasteiger partial charge on any atom is 0.345 e. The lowest BCUT2D eigenvalue weighted by molar-refractivity contribution is -0.116. The predicted octanol–water partition coefficient (Wildman–Crippen LogP) is 4.67. The Kier molecular flexibility index (Phi) is 8.51. The van der Waals surface area contributed by atoms with Crippen molar-refractivity contribution in [3.63, 3.8) is 0 Å². The summed E-state index contributed by atoms with van der Waals surface area (Å²) in [6, 6.07) is 6.62. The van der Waals surface area contributed by atoms with Crippen LogP contribution in [0.1, 0.15) is 24.2 Å². The van der Waals surface area contributed by atoms with Gasteiger partial charge in [-0.3, -0.25) is 9.59 Å². The number of hydrogen-bond donors (Lipinski definition) is 1. The average Bonchev–Trinajstić information content (AvgIpc) is 2.65. The van der Waals surface area contributed by atoms with Gasteiger partial charge < -0.3 is 19.7 Å². The Morgan fingerprint density at radius 1 is 0.931 bits per heavy atom. The maximum absolute atomic E-state index is 13.0. The molecule has 0 unspecified atom stereocenters. The first-order valence-electron chi connectivity index (χ1n) is 8.17. The molecule has 0 aliphatic heterocycles. The minimum Gasteiger partial charge on any atom is -0.497 e. The van der Waals surface area contributed by atoms with Crippen molar-refractivity contribution < 1.29 is 23.9 Å². The summed E-state index contributed by atoms with van der Waals surface area (Å²) < 4.78 is 12.4. The fraction of sp³-hybridized carbons (Fsp3) is 0.211. The number of nitrogens with one attached hydrogen (secondary N) is 1. The van der Waals surface area contributed by atoms with Crippen LogP contribution < -0.4 is 19.7 Å². The fourth-order valence-corrected chi connectivity index (χ4v) is 6.97. The Hall–Kier alpha value is -1.16. The smallest absolute Gasteiger partial charge is 0.345 e. The van der Waals surface area contributed by atoms with Crippen molar-refractivity contribution in [3.8, 4) is 11.5 Å². The Morgan fingerprint density at radius 3 is 1.97 bits per heavy atom. The summed E-state index contributed by atoms with van der Waals surface area (Å²) in [5.74, 6) is -0.0894. The van der Waals surface area contributed by atoms with E-state index in [1.165, 1.54) is 18.7 Å². The molecular weight excluding hydrogens is 717 g/mol. The Balaban J connectivity index is 2.61. The molecule has 0 saturated heterocycles. The van der Waals surface area contributed by atoms with Crippen LogP contribution >= 0.6 is 67.8 Å². The van der Waals surface area contributed by atoms with E-state index in [9.17, 15) is 14.4 Å². The van der Waals surface area contributed by atoms with Gasteiger partial charge in [0, 0.05) is 20.9 Å². The van der Waals surface area contributed by atoms with Gasteiger partial charge in [0.25, 0.3) is 0 Å². The molecule has 0 fully saturated rings. The van der Waals surface area contributed by atoms with E-state index in [-0.39, 0.29) is 17.4 Å². The molecule has 154 valence electrons. The van der Waals surface area contributed by atoms with Gasteiger partial charge in [-0.2, -0.15) is 0 Å². The van der Waals surface area contributed by atoms with Crippen LogP contribution in [0.2, 0.25) is 0 Å². The third kappa shape index (κ3) is 5.51. The molecule has 29 heavy (non-hydrogen) atoms. The van der Waals surface area contributed by atoms with E-state index in [1.54, 1.807) is 38.4 Å². The molecule has 0 saturated carbocycles. The Morgan fingerprint density at radius 2 is 1.48 bits per heavy atom. The molecule has 0 aliphatic carbocycles. The molecule has 1 N–H and O–H groups in total. The largest absolute Gasteiger partial charge is 0.497 e. The minimum atomic E-state index is -0.592. The molecule has 0 atom stereocenters. The summed E-state index contributed by atoms with van der Waals surface area (Å²) in [4.78, 5) is 38.2. The number of methoxy groups -OCH3 is 1. The number of anilines is 2. The molecule has 0 radical (unpaired) electrons. The highest BCUT2D eigenvalue weighted by atomic mass is 127. The average molecular weight is 734 g/mol. The SMILES string of the molecule is COc1ccc(OC(=O)c2c(I)c(NC(C)=O)c(I)c(N(C)C(C)=O)c2I)cc1. The third-order valence-corrected chi connectivity index (χ3v) is 7.06. The van der Waals surface area contributed by atoms with Gasteiger partial charge in [0.15, 0.2) is 0 Å². The zero-order valence-electron chi connectivity index (χ0n) is 15.9. The minimum absolute atomic E-state index is 0.203. The fourth-order valence-electron chi connectivity index (χ4n) is 2.37. The summed E-state index contributed by atoms with van der Waals surface area (Å²) in [6.45, 7) is 2.81. The normalized spacial score (nSPS) is 10.3. The summed E-state index contributed by atoms with van der Waals surface area (Å²) >= 11 is 6.09. The Labute approximate surface area is 209 Å². The van der Waals surface area contributed by atoms with Crippen molar-refractivity contribution in [2.75, 3.05) is 24.4 Å². The predicted molar refractivity (Wildman–Crippen MR) is 136 cm³/mol. The molecule has 7 nitrogen and oxygen atoms in total. The summed E-state index contributed by atoms with van der Waals surface area (Å²) in [5.41, 5.74) is 1.27. The second kappa shape index (κ2) is 10.2. The van der Waals surface area contributed by atoms with Crippen LogP contribution in [0, 0.1) is 10.7 Å². The molecule has 0 spiro atoms. The lowest BCUT2D eigenvalue weighted by Crippen LogP contribution is -2.27. The quantitative estimate of drug-likeness (QED) is 0.275. The molecule has 0 heterocycles. The van der Waals surface area contributed by atoms with Crippen LogP contribution in [-0.2, 0) is 9.59 Å². The summed E-state index contributed by atoms with van der Waals surface area (Å²) in [5, 5.41) is 2.76.